The van der Waals surface area contributed by atoms with Crippen molar-refractivity contribution in [2.75, 3.05) is 44.3 Å². The largest absolute Gasteiger partial charge is 0.379 e. The number of morpholine rings is 1. The highest BCUT2D eigenvalue weighted by molar-refractivity contribution is 7.22. The molecule has 5 nitrogen and oxygen atoms in total. The average molecular weight is 430 g/mol. The maximum Gasteiger partial charge on any atom is 0.234 e. The van der Waals surface area contributed by atoms with Crippen molar-refractivity contribution in [3.8, 4) is 0 Å². The molecule has 1 aliphatic rings. The third kappa shape index (κ3) is 5.04. The Balaban J connectivity index is 1.52. The van der Waals surface area contributed by atoms with E-state index in [4.69, 9.17) is 9.72 Å². The molecule has 0 unspecified atom stereocenters. The molecule has 7 heteroatoms. The van der Waals surface area contributed by atoms with Gasteiger partial charge in [0.05, 0.1) is 29.9 Å². The van der Waals surface area contributed by atoms with E-state index in [-0.39, 0.29) is 5.91 Å². The van der Waals surface area contributed by atoms with Crippen LogP contribution >= 0.6 is 22.7 Å². The third-order valence-corrected chi connectivity index (χ3v) is 7.31. The van der Waals surface area contributed by atoms with E-state index < -0.39 is 0 Å². The minimum Gasteiger partial charge on any atom is -0.379 e. The first-order chi connectivity index (χ1) is 14.1. The number of carbonyl (C=O) groups is 1. The second-order valence-corrected chi connectivity index (χ2v) is 9.55. The number of anilines is 1. The van der Waals surface area contributed by atoms with E-state index in [1.807, 2.05) is 22.4 Å². The summed E-state index contributed by atoms with van der Waals surface area (Å²) < 4.78 is 6.58. The van der Waals surface area contributed by atoms with Crippen LogP contribution in [0.4, 0.5) is 5.13 Å². The van der Waals surface area contributed by atoms with Crippen molar-refractivity contribution in [1.82, 2.24) is 9.88 Å². The Bertz CT molecular complexity index is 923. The molecule has 0 N–H and O–H groups in total. The summed E-state index contributed by atoms with van der Waals surface area (Å²) in [7, 11) is 0. The molecule has 154 valence electrons. The molecule has 2 aromatic heterocycles. The molecule has 3 aromatic rings. The summed E-state index contributed by atoms with van der Waals surface area (Å²) in [5, 5.41) is 2.84. The first kappa shape index (κ1) is 20.5. The van der Waals surface area contributed by atoms with Crippen LogP contribution in [0.1, 0.15) is 22.4 Å². The number of ether oxygens (including phenoxy) is 1. The predicted octanol–water partition coefficient (Wildman–Crippen LogP) is 4.27. The maximum absolute atomic E-state index is 13.2. The summed E-state index contributed by atoms with van der Waals surface area (Å²) in [4.78, 5) is 23.4. The van der Waals surface area contributed by atoms with E-state index in [1.54, 1.807) is 22.7 Å². The molecule has 0 radical (unpaired) electrons. The Morgan fingerprint density at radius 1 is 1.24 bits per heavy atom. The first-order valence-corrected chi connectivity index (χ1v) is 11.8. The number of hydrogen-bond acceptors (Lipinski definition) is 6. The zero-order valence-electron chi connectivity index (χ0n) is 17.0. The van der Waals surface area contributed by atoms with Gasteiger partial charge in [-0.2, -0.15) is 0 Å². The second-order valence-electron chi connectivity index (χ2n) is 7.51. The van der Waals surface area contributed by atoms with Crippen LogP contribution in [0.15, 0.2) is 29.6 Å². The molecule has 0 aliphatic carbocycles. The molecule has 1 fully saturated rings. The average Bonchev–Trinajstić information content (AvgIpc) is 3.36. The van der Waals surface area contributed by atoms with E-state index in [9.17, 15) is 4.79 Å². The molecule has 1 aromatic carbocycles. The lowest BCUT2D eigenvalue weighted by atomic mass is 10.1. The molecule has 4 rings (SSSR count). The minimum absolute atomic E-state index is 0.127. The van der Waals surface area contributed by atoms with Crippen LogP contribution in [0, 0.1) is 13.8 Å². The van der Waals surface area contributed by atoms with Crippen molar-refractivity contribution < 1.29 is 9.53 Å². The van der Waals surface area contributed by atoms with Crippen molar-refractivity contribution in [3.63, 3.8) is 0 Å². The van der Waals surface area contributed by atoms with E-state index in [0.29, 0.717) is 13.0 Å². The number of thiazole rings is 1. The van der Waals surface area contributed by atoms with Crippen molar-refractivity contribution >= 4 is 43.9 Å². The zero-order valence-corrected chi connectivity index (χ0v) is 18.7. The Labute approximate surface area is 179 Å². The minimum atomic E-state index is 0.127. The molecule has 1 aliphatic heterocycles. The Morgan fingerprint density at radius 3 is 2.79 bits per heavy atom. The lowest BCUT2D eigenvalue weighted by Gasteiger charge is -2.27. The monoisotopic (exact) mass is 429 g/mol. The quantitative estimate of drug-likeness (QED) is 0.563. The molecule has 1 amide bonds. The lowest BCUT2D eigenvalue weighted by molar-refractivity contribution is -0.118. The van der Waals surface area contributed by atoms with Gasteiger partial charge in [0.1, 0.15) is 0 Å². The molecule has 0 atom stereocenters. The smallest absolute Gasteiger partial charge is 0.234 e. The molecule has 3 heterocycles. The third-order valence-electron chi connectivity index (χ3n) is 5.39. The molecule has 1 saturated heterocycles. The van der Waals surface area contributed by atoms with E-state index in [2.05, 4.69) is 30.9 Å². The van der Waals surface area contributed by atoms with Gasteiger partial charge in [0, 0.05) is 31.1 Å². The fourth-order valence-electron chi connectivity index (χ4n) is 3.55. The van der Waals surface area contributed by atoms with Gasteiger partial charge in [0.25, 0.3) is 0 Å². The van der Waals surface area contributed by atoms with Gasteiger partial charge in [-0.3, -0.25) is 14.6 Å². The van der Waals surface area contributed by atoms with Crippen LogP contribution in [-0.4, -0.2) is 55.2 Å². The summed E-state index contributed by atoms with van der Waals surface area (Å²) in [5.74, 6) is 0.127. The zero-order chi connectivity index (χ0) is 20.2. The van der Waals surface area contributed by atoms with Gasteiger partial charge in [0.15, 0.2) is 5.13 Å². The van der Waals surface area contributed by atoms with Crippen LogP contribution < -0.4 is 4.90 Å². The Morgan fingerprint density at radius 2 is 2.03 bits per heavy atom. The summed E-state index contributed by atoms with van der Waals surface area (Å²) in [6.45, 7) is 9.46. The van der Waals surface area contributed by atoms with Crippen LogP contribution in [0.3, 0.4) is 0 Å². The van der Waals surface area contributed by atoms with Gasteiger partial charge in [0.2, 0.25) is 5.91 Å². The summed E-state index contributed by atoms with van der Waals surface area (Å²) in [5.41, 5.74) is 3.48. The van der Waals surface area contributed by atoms with Crippen LogP contribution in [0.5, 0.6) is 0 Å². The van der Waals surface area contributed by atoms with Gasteiger partial charge < -0.3 is 4.74 Å². The molecular formula is C22H27N3O2S2. The van der Waals surface area contributed by atoms with Gasteiger partial charge in [-0.15, -0.1) is 11.3 Å². The number of thiophene rings is 1. The number of hydrogen-bond donors (Lipinski definition) is 0. The van der Waals surface area contributed by atoms with Gasteiger partial charge in [-0.25, -0.2) is 4.98 Å². The predicted molar refractivity (Wildman–Crippen MR) is 121 cm³/mol. The highest BCUT2D eigenvalue weighted by Crippen LogP contribution is 2.31. The van der Waals surface area contributed by atoms with Crippen molar-refractivity contribution in [3.05, 3.63) is 45.6 Å². The molecule has 0 bridgehead atoms. The second kappa shape index (κ2) is 9.34. The highest BCUT2D eigenvalue weighted by Gasteiger charge is 2.21. The fraction of sp³-hybridized carbons (Fsp3) is 0.455. The van der Waals surface area contributed by atoms with Crippen LogP contribution in [-0.2, 0) is 16.0 Å². The number of amides is 1. The topological polar surface area (TPSA) is 45.7 Å². The van der Waals surface area contributed by atoms with Gasteiger partial charge in [-0.05, 0) is 55.0 Å². The number of aromatic nitrogens is 1. The summed E-state index contributed by atoms with van der Waals surface area (Å²) in [6.07, 6.45) is 1.37. The van der Waals surface area contributed by atoms with Crippen LogP contribution in [0.25, 0.3) is 10.2 Å². The summed E-state index contributed by atoms with van der Waals surface area (Å²) >= 11 is 3.25. The standard InChI is InChI=1S/C22H27N3O2S2/c1-16-13-19-20(14-17(16)2)29-22(23-19)25(21(26)15-18-5-3-12-28-18)7-4-6-24-8-10-27-11-9-24/h3,5,12-14H,4,6-11,15H2,1-2H3. The van der Waals surface area contributed by atoms with E-state index >= 15 is 0 Å². The van der Waals surface area contributed by atoms with Gasteiger partial charge >= 0.3 is 0 Å². The first-order valence-electron chi connectivity index (χ1n) is 10.1. The Hall–Kier alpha value is -1.80. The van der Waals surface area contributed by atoms with E-state index in [1.165, 1.54) is 11.1 Å². The lowest BCUT2D eigenvalue weighted by Crippen LogP contribution is -2.39. The van der Waals surface area contributed by atoms with E-state index in [0.717, 1.165) is 59.5 Å². The SMILES string of the molecule is Cc1cc2nc(N(CCCN3CCOCC3)C(=O)Cc3cccs3)sc2cc1C. The number of rotatable bonds is 7. The molecular weight excluding hydrogens is 402 g/mol. The Kier molecular flexibility index (Phi) is 6.60. The number of carbonyl (C=O) groups excluding carboxylic acids is 1. The normalized spacial score (nSPS) is 15.1. The maximum atomic E-state index is 13.2. The van der Waals surface area contributed by atoms with Crippen molar-refractivity contribution in [2.24, 2.45) is 0 Å². The number of benzene rings is 1. The van der Waals surface area contributed by atoms with Gasteiger partial charge in [-0.1, -0.05) is 17.4 Å². The number of aryl methyl sites for hydroxylation is 2. The molecule has 29 heavy (non-hydrogen) atoms. The molecule has 0 spiro atoms. The van der Waals surface area contributed by atoms with Crippen LogP contribution in [0.2, 0.25) is 0 Å². The fourth-order valence-corrected chi connectivity index (χ4v) is 5.33. The highest BCUT2D eigenvalue weighted by atomic mass is 32.1. The number of fused-ring (bicyclic) bond motifs is 1. The number of nitrogens with zero attached hydrogens (tertiary/aromatic N) is 3. The van der Waals surface area contributed by atoms with Crippen molar-refractivity contribution in [1.29, 1.82) is 0 Å². The summed E-state index contributed by atoms with van der Waals surface area (Å²) in [6, 6.07) is 8.33. The molecule has 0 saturated carbocycles. The van der Waals surface area contributed by atoms with Crippen molar-refractivity contribution in [2.45, 2.75) is 26.7 Å².